The highest BCUT2D eigenvalue weighted by Crippen LogP contribution is 2.25. The standard InChI is InChI=1S/C16H24BrN3OS/c17-15-6-5-13(22-15)11-20-8-2-3-12(10-20)9-19-16(21)14-4-1-7-18-14/h5-6,12,14,18H,1-4,7-11H2,(H,19,21). The van der Waals surface area contributed by atoms with Gasteiger partial charge in [-0.25, -0.2) is 0 Å². The van der Waals surface area contributed by atoms with E-state index in [1.54, 1.807) is 0 Å². The van der Waals surface area contributed by atoms with Gasteiger partial charge in [0.25, 0.3) is 0 Å². The predicted octanol–water partition coefficient (Wildman–Crippen LogP) is 2.59. The van der Waals surface area contributed by atoms with Gasteiger partial charge < -0.3 is 10.6 Å². The van der Waals surface area contributed by atoms with Crippen LogP contribution >= 0.6 is 27.3 Å². The number of halogens is 1. The number of carbonyl (C=O) groups excluding carboxylic acids is 1. The maximum atomic E-state index is 12.1. The van der Waals surface area contributed by atoms with E-state index in [1.165, 1.54) is 28.0 Å². The highest BCUT2D eigenvalue weighted by Gasteiger charge is 2.24. The van der Waals surface area contributed by atoms with Gasteiger partial charge in [-0.3, -0.25) is 9.69 Å². The lowest BCUT2D eigenvalue weighted by Gasteiger charge is -2.32. The van der Waals surface area contributed by atoms with Crippen molar-refractivity contribution >= 4 is 33.2 Å². The second kappa shape index (κ2) is 7.90. The minimum atomic E-state index is 0.0446. The first-order chi connectivity index (χ1) is 10.7. The monoisotopic (exact) mass is 385 g/mol. The SMILES string of the molecule is O=C(NCC1CCCN(Cc2ccc(Br)s2)C1)C1CCCN1. The number of rotatable bonds is 5. The number of amides is 1. The van der Waals surface area contributed by atoms with Crippen molar-refractivity contribution in [2.24, 2.45) is 5.92 Å². The molecule has 2 unspecified atom stereocenters. The third-order valence-electron chi connectivity index (χ3n) is 4.55. The Kier molecular flexibility index (Phi) is 5.90. The number of nitrogens with zero attached hydrogens (tertiary/aromatic N) is 1. The molecule has 2 N–H and O–H groups in total. The van der Waals surface area contributed by atoms with E-state index >= 15 is 0 Å². The van der Waals surface area contributed by atoms with Crippen LogP contribution in [0.5, 0.6) is 0 Å². The number of likely N-dealkylation sites (tertiary alicyclic amines) is 1. The largest absolute Gasteiger partial charge is 0.354 e. The second-order valence-corrected chi connectivity index (χ2v) is 8.89. The molecule has 1 aromatic heterocycles. The first kappa shape index (κ1) is 16.4. The van der Waals surface area contributed by atoms with Gasteiger partial charge in [-0.1, -0.05) is 0 Å². The van der Waals surface area contributed by atoms with Crippen LogP contribution in [0.15, 0.2) is 15.9 Å². The van der Waals surface area contributed by atoms with Gasteiger partial charge in [0.1, 0.15) is 0 Å². The van der Waals surface area contributed by atoms with Crippen LogP contribution in [0.25, 0.3) is 0 Å². The van der Waals surface area contributed by atoms with Gasteiger partial charge in [0.15, 0.2) is 0 Å². The van der Waals surface area contributed by atoms with Crippen molar-refractivity contribution in [2.75, 3.05) is 26.2 Å². The van der Waals surface area contributed by atoms with Gasteiger partial charge >= 0.3 is 0 Å². The minimum absolute atomic E-state index is 0.0446. The third-order valence-corrected chi connectivity index (χ3v) is 6.16. The molecule has 2 aliphatic heterocycles. The average Bonchev–Trinajstić information content (AvgIpc) is 3.17. The second-order valence-electron chi connectivity index (χ2n) is 6.34. The summed E-state index contributed by atoms with van der Waals surface area (Å²) < 4.78 is 1.20. The zero-order chi connectivity index (χ0) is 15.4. The van der Waals surface area contributed by atoms with Crippen LogP contribution in [0.2, 0.25) is 0 Å². The van der Waals surface area contributed by atoms with E-state index in [1.807, 2.05) is 11.3 Å². The fraction of sp³-hybridized carbons (Fsp3) is 0.688. The molecule has 1 aromatic rings. The van der Waals surface area contributed by atoms with E-state index in [0.29, 0.717) is 5.92 Å². The number of thiophene rings is 1. The summed E-state index contributed by atoms with van der Waals surface area (Å²) in [5, 5.41) is 6.41. The van der Waals surface area contributed by atoms with Crippen molar-refractivity contribution in [1.82, 2.24) is 15.5 Å². The van der Waals surface area contributed by atoms with Crippen LogP contribution in [-0.2, 0) is 11.3 Å². The van der Waals surface area contributed by atoms with E-state index in [0.717, 1.165) is 39.0 Å². The van der Waals surface area contributed by atoms with Crippen molar-refractivity contribution in [3.05, 3.63) is 20.8 Å². The summed E-state index contributed by atoms with van der Waals surface area (Å²) in [4.78, 5) is 16.0. The first-order valence-electron chi connectivity index (χ1n) is 8.18. The molecule has 2 aliphatic rings. The van der Waals surface area contributed by atoms with Crippen molar-refractivity contribution in [3.8, 4) is 0 Å². The zero-order valence-electron chi connectivity index (χ0n) is 12.8. The molecule has 3 rings (SSSR count). The van der Waals surface area contributed by atoms with Crippen LogP contribution in [0, 0.1) is 5.92 Å². The van der Waals surface area contributed by atoms with Crippen LogP contribution in [0.4, 0.5) is 0 Å². The van der Waals surface area contributed by atoms with Gasteiger partial charge in [-0.15, -0.1) is 11.3 Å². The lowest BCUT2D eigenvalue weighted by atomic mass is 9.97. The van der Waals surface area contributed by atoms with E-state index in [9.17, 15) is 4.79 Å². The summed E-state index contributed by atoms with van der Waals surface area (Å²) in [5.74, 6) is 0.777. The number of nitrogens with one attached hydrogen (secondary N) is 2. The summed E-state index contributed by atoms with van der Waals surface area (Å²) in [6.45, 7) is 5.09. The smallest absolute Gasteiger partial charge is 0.237 e. The van der Waals surface area contributed by atoms with Gasteiger partial charge in [0.2, 0.25) is 5.91 Å². The Balaban J connectivity index is 1.43. The first-order valence-corrected chi connectivity index (χ1v) is 9.79. The Bertz CT molecular complexity index is 501. The molecule has 2 fully saturated rings. The maximum absolute atomic E-state index is 12.1. The normalized spacial score (nSPS) is 26.2. The Morgan fingerprint density at radius 2 is 2.32 bits per heavy atom. The lowest BCUT2D eigenvalue weighted by Crippen LogP contribution is -2.45. The van der Waals surface area contributed by atoms with E-state index in [4.69, 9.17) is 0 Å². The highest BCUT2D eigenvalue weighted by atomic mass is 79.9. The van der Waals surface area contributed by atoms with Gasteiger partial charge in [-0.05, 0) is 72.8 Å². The molecule has 0 aromatic carbocycles. The van der Waals surface area contributed by atoms with Gasteiger partial charge in [0, 0.05) is 24.5 Å². The molecular weight excluding hydrogens is 362 g/mol. The summed E-state index contributed by atoms with van der Waals surface area (Å²) in [5.41, 5.74) is 0. The number of hydrogen-bond acceptors (Lipinski definition) is 4. The Hall–Kier alpha value is -0.430. The molecule has 2 atom stereocenters. The predicted molar refractivity (Wildman–Crippen MR) is 94.1 cm³/mol. The van der Waals surface area contributed by atoms with E-state index in [2.05, 4.69) is 43.6 Å². The molecule has 0 bridgehead atoms. The van der Waals surface area contributed by atoms with Gasteiger partial charge in [0.05, 0.1) is 9.83 Å². The molecule has 122 valence electrons. The van der Waals surface area contributed by atoms with Crippen LogP contribution in [0.3, 0.4) is 0 Å². The van der Waals surface area contributed by atoms with Crippen LogP contribution in [0.1, 0.15) is 30.6 Å². The molecule has 6 heteroatoms. The van der Waals surface area contributed by atoms with E-state index < -0.39 is 0 Å². The molecule has 2 saturated heterocycles. The van der Waals surface area contributed by atoms with Crippen molar-refractivity contribution < 1.29 is 4.79 Å². The Morgan fingerprint density at radius 1 is 1.41 bits per heavy atom. The van der Waals surface area contributed by atoms with Crippen molar-refractivity contribution in [3.63, 3.8) is 0 Å². The number of carbonyl (C=O) groups is 1. The average molecular weight is 386 g/mol. The summed E-state index contributed by atoms with van der Waals surface area (Å²) in [6, 6.07) is 4.37. The van der Waals surface area contributed by atoms with Crippen molar-refractivity contribution in [1.29, 1.82) is 0 Å². The molecule has 0 saturated carbocycles. The fourth-order valence-corrected chi connectivity index (χ4v) is 4.92. The zero-order valence-corrected chi connectivity index (χ0v) is 15.2. The summed E-state index contributed by atoms with van der Waals surface area (Å²) in [7, 11) is 0. The highest BCUT2D eigenvalue weighted by molar-refractivity contribution is 9.11. The lowest BCUT2D eigenvalue weighted by molar-refractivity contribution is -0.123. The maximum Gasteiger partial charge on any atom is 0.237 e. The molecule has 0 spiro atoms. The molecule has 4 nitrogen and oxygen atoms in total. The number of hydrogen-bond donors (Lipinski definition) is 2. The minimum Gasteiger partial charge on any atom is -0.354 e. The molecule has 0 radical (unpaired) electrons. The third kappa shape index (κ3) is 4.54. The Labute approximate surface area is 144 Å². The van der Waals surface area contributed by atoms with Crippen molar-refractivity contribution in [2.45, 2.75) is 38.3 Å². The van der Waals surface area contributed by atoms with Crippen LogP contribution < -0.4 is 10.6 Å². The summed E-state index contributed by atoms with van der Waals surface area (Å²) >= 11 is 5.34. The van der Waals surface area contributed by atoms with Gasteiger partial charge in [-0.2, -0.15) is 0 Å². The number of piperidine rings is 1. The molecule has 22 heavy (non-hydrogen) atoms. The Morgan fingerprint density at radius 3 is 3.05 bits per heavy atom. The molecule has 1 amide bonds. The van der Waals surface area contributed by atoms with Crippen LogP contribution in [-0.4, -0.2) is 43.0 Å². The molecule has 3 heterocycles. The summed E-state index contributed by atoms with van der Waals surface area (Å²) in [6.07, 6.45) is 4.55. The molecular formula is C16H24BrN3OS. The quantitative estimate of drug-likeness (QED) is 0.818. The van der Waals surface area contributed by atoms with E-state index in [-0.39, 0.29) is 11.9 Å². The topological polar surface area (TPSA) is 44.4 Å². The molecule has 0 aliphatic carbocycles. The fourth-order valence-electron chi connectivity index (χ4n) is 3.40.